The first kappa shape index (κ1) is 13.4. The molecule has 3 heterocycles. The summed E-state index contributed by atoms with van der Waals surface area (Å²) in [5.74, 6) is 1.04. The fraction of sp³-hybridized carbons (Fsp3) is 0.467. The Labute approximate surface area is 122 Å². The number of thiophene rings is 1. The third-order valence-electron chi connectivity index (χ3n) is 3.88. The minimum atomic E-state index is 0.0180. The Morgan fingerprint density at radius 3 is 2.70 bits per heavy atom. The molecule has 5 heteroatoms. The van der Waals surface area contributed by atoms with Gasteiger partial charge in [0.1, 0.15) is 10.6 Å². The number of aryl methyl sites for hydroxylation is 1. The zero-order chi connectivity index (χ0) is 14.3. The zero-order valence-corrected chi connectivity index (χ0v) is 12.7. The van der Waals surface area contributed by atoms with E-state index in [2.05, 4.69) is 11.0 Å². The zero-order valence-electron chi connectivity index (χ0n) is 11.9. The van der Waals surface area contributed by atoms with Crippen LogP contribution in [0.5, 0.6) is 0 Å². The molecule has 1 aliphatic heterocycles. The van der Waals surface area contributed by atoms with E-state index in [0.717, 1.165) is 34.7 Å². The summed E-state index contributed by atoms with van der Waals surface area (Å²) in [6.07, 6.45) is 3.76. The van der Waals surface area contributed by atoms with Crippen LogP contribution in [0.15, 0.2) is 6.07 Å². The number of piperidine rings is 1. The van der Waals surface area contributed by atoms with Crippen LogP contribution in [0, 0.1) is 6.92 Å². The average Bonchev–Trinajstić information content (AvgIpc) is 2.77. The maximum Gasteiger partial charge on any atom is 0.171 e. The molecule has 0 aromatic carbocycles. The van der Waals surface area contributed by atoms with E-state index in [1.165, 1.54) is 30.6 Å². The Morgan fingerprint density at radius 1 is 1.35 bits per heavy atom. The third-order valence-corrected chi connectivity index (χ3v) is 5.08. The van der Waals surface area contributed by atoms with E-state index in [9.17, 15) is 4.79 Å². The predicted octanol–water partition coefficient (Wildman–Crippen LogP) is 3.38. The van der Waals surface area contributed by atoms with Gasteiger partial charge in [-0.3, -0.25) is 4.79 Å². The number of nitrogens with zero attached hydrogens (tertiary/aromatic N) is 2. The molecule has 0 spiro atoms. The average molecular weight is 289 g/mol. The van der Waals surface area contributed by atoms with Crippen molar-refractivity contribution in [2.75, 3.05) is 23.7 Å². The molecular weight excluding hydrogens is 270 g/mol. The second-order valence-corrected chi connectivity index (χ2v) is 6.43. The lowest BCUT2D eigenvalue weighted by Crippen LogP contribution is -2.30. The van der Waals surface area contributed by atoms with Crippen LogP contribution in [0.25, 0.3) is 10.2 Å². The van der Waals surface area contributed by atoms with Gasteiger partial charge in [0.15, 0.2) is 5.78 Å². The van der Waals surface area contributed by atoms with Gasteiger partial charge in [-0.05, 0) is 37.8 Å². The topological polar surface area (TPSA) is 59.2 Å². The van der Waals surface area contributed by atoms with Crippen molar-refractivity contribution in [3.63, 3.8) is 0 Å². The molecule has 0 radical (unpaired) electrons. The number of anilines is 2. The molecule has 0 aliphatic carbocycles. The minimum absolute atomic E-state index is 0.0180. The molecule has 0 amide bonds. The molecule has 2 aromatic rings. The summed E-state index contributed by atoms with van der Waals surface area (Å²) in [6.45, 7) is 5.74. The lowest BCUT2D eigenvalue weighted by Gasteiger charge is -2.28. The number of nitrogens with two attached hydrogens (primary N) is 1. The monoisotopic (exact) mass is 289 g/mol. The highest BCUT2D eigenvalue weighted by Crippen LogP contribution is 2.36. The van der Waals surface area contributed by atoms with E-state index in [-0.39, 0.29) is 5.78 Å². The van der Waals surface area contributed by atoms with Gasteiger partial charge in [-0.1, -0.05) is 0 Å². The smallest absolute Gasteiger partial charge is 0.171 e. The van der Waals surface area contributed by atoms with Crippen LogP contribution in [0.2, 0.25) is 0 Å². The first-order valence-corrected chi connectivity index (χ1v) is 7.85. The predicted molar refractivity (Wildman–Crippen MR) is 84.8 cm³/mol. The molecule has 4 nitrogen and oxygen atoms in total. The maximum absolute atomic E-state index is 11.6. The van der Waals surface area contributed by atoms with E-state index >= 15 is 0 Å². The van der Waals surface area contributed by atoms with Gasteiger partial charge in [-0.2, -0.15) is 0 Å². The quantitative estimate of drug-likeness (QED) is 0.861. The third kappa shape index (κ3) is 2.16. The molecule has 3 rings (SSSR count). The summed E-state index contributed by atoms with van der Waals surface area (Å²) in [6, 6.07) is 2.10. The van der Waals surface area contributed by atoms with Crippen LogP contribution in [0.1, 0.15) is 41.4 Å². The number of carbonyl (C=O) groups excluding carboxylic acids is 1. The summed E-state index contributed by atoms with van der Waals surface area (Å²) < 4.78 is 0. The molecular formula is C15H19N3OS. The van der Waals surface area contributed by atoms with E-state index in [0.29, 0.717) is 10.6 Å². The van der Waals surface area contributed by atoms with Gasteiger partial charge in [0, 0.05) is 25.4 Å². The van der Waals surface area contributed by atoms with Crippen LogP contribution < -0.4 is 10.6 Å². The van der Waals surface area contributed by atoms with Gasteiger partial charge < -0.3 is 10.6 Å². The Balaban J connectivity index is 2.11. The SMILES string of the molecule is CC(=O)c1sc2nc(N3CCCCC3)cc(C)c2c1N. The molecule has 20 heavy (non-hydrogen) atoms. The molecule has 0 unspecified atom stereocenters. The molecule has 1 saturated heterocycles. The number of ketones is 1. The minimum Gasteiger partial charge on any atom is -0.397 e. The van der Waals surface area contributed by atoms with Gasteiger partial charge in [-0.25, -0.2) is 4.98 Å². The Hall–Kier alpha value is -1.62. The van der Waals surface area contributed by atoms with Crippen LogP contribution in [-0.4, -0.2) is 23.9 Å². The fourth-order valence-electron chi connectivity index (χ4n) is 2.84. The maximum atomic E-state index is 11.6. The molecule has 0 saturated carbocycles. The second kappa shape index (κ2) is 5.05. The second-order valence-electron chi connectivity index (χ2n) is 5.43. The number of hydrogen-bond acceptors (Lipinski definition) is 5. The van der Waals surface area contributed by atoms with Crippen molar-refractivity contribution in [1.82, 2.24) is 4.98 Å². The molecule has 106 valence electrons. The normalized spacial score (nSPS) is 15.8. The highest BCUT2D eigenvalue weighted by Gasteiger charge is 2.19. The molecule has 2 aromatic heterocycles. The van der Waals surface area contributed by atoms with Gasteiger partial charge in [0.2, 0.25) is 0 Å². The van der Waals surface area contributed by atoms with Gasteiger partial charge in [-0.15, -0.1) is 11.3 Å². The van der Waals surface area contributed by atoms with Crippen molar-refractivity contribution >= 4 is 38.8 Å². The van der Waals surface area contributed by atoms with Crippen LogP contribution in [0.4, 0.5) is 11.5 Å². The number of pyridine rings is 1. The molecule has 2 N–H and O–H groups in total. The Bertz CT molecular complexity index is 671. The van der Waals surface area contributed by atoms with Crippen molar-refractivity contribution in [1.29, 1.82) is 0 Å². The number of fused-ring (bicyclic) bond motifs is 1. The van der Waals surface area contributed by atoms with Crippen molar-refractivity contribution in [2.24, 2.45) is 0 Å². The molecule has 0 bridgehead atoms. The number of aromatic nitrogens is 1. The van der Waals surface area contributed by atoms with E-state index in [1.807, 2.05) is 6.92 Å². The van der Waals surface area contributed by atoms with Gasteiger partial charge in [0.25, 0.3) is 0 Å². The molecule has 0 atom stereocenters. The number of nitrogen functional groups attached to an aromatic ring is 1. The van der Waals surface area contributed by atoms with Gasteiger partial charge in [0.05, 0.1) is 10.6 Å². The summed E-state index contributed by atoms with van der Waals surface area (Å²) in [7, 11) is 0. The van der Waals surface area contributed by atoms with E-state index in [1.54, 1.807) is 6.92 Å². The number of hydrogen-bond donors (Lipinski definition) is 1. The largest absolute Gasteiger partial charge is 0.397 e. The first-order chi connectivity index (χ1) is 9.58. The van der Waals surface area contributed by atoms with Crippen molar-refractivity contribution in [2.45, 2.75) is 33.1 Å². The fourth-order valence-corrected chi connectivity index (χ4v) is 3.90. The first-order valence-electron chi connectivity index (χ1n) is 7.03. The highest BCUT2D eigenvalue weighted by atomic mass is 32.1. The standard InChI is InChI=1S/C15H19N3OS/c1-9-8-11(18-6-4-3-5-7-18)17-15-12(9)13(16)14(20-15)10(2)19/h8H,3-7,16H2,1-2H3. The highest BCUT2D eigenvalue weighted by molar-refractivity contribution is 7.21. The van der Waals surface area contributed by atoms with Crippen LogP contribution in [0.3, 0.4) is 0 Å². The van der Waals surface area contributed by atoms with Crippen molar-refractivity contribution in [3.05, 3.63) is 16.5 Å². The van der Waals surface area contributed by atoms with E-state index in [4.69, 9.17) is 10.7 Å². The van der Waals surface area contributed by atoms with Crippen molar-refractivity contribution < 1.29 is 4.79 Å². The summed E-state index contributed by atoms with van der Waals surface area (Å²) in [4.78, 5) is 20.2. The Morgan fingerprint density at radius 2 is 2.05 bits per heavy atom. The van der Waals surface area contributed by atoms with E-state index < -0.39 is 0 Å². The summed E-state index contributed by atoms with van der Waals surface area (Å²) >= 11 is 1.41. The number of Topliss-reactive ketones (excluding diaryl/α,β-unsaturated/α-hetero) is 1. The van der Waals surface area contributed by atoms with Crippen molar-refractivity contribution in [3.8, 4) is 0 Å². The lowest BCUT2D eigenvalue weighted by molar-refractivity contribution is 0.102. The Kier molecular flexibility index (Phi) is 3.38. The number of carbonyl (C=O) groups is 1. The number of rotatable bonds is 2. The molecule has 1 fully saturated rings. The van der Waals surface area contributed by atoms with Gasteiger partial charge >= 0.3 is 0 Å². The van der Waals surface area contributed by atoms with Crippen LogP contribution >= 0.6 is 11.3 Å². The lowest BCUT2D eigenvalue weighted by atomic mass is 10.1. The summed E-state index contributed by atoms with van der Waals surface area (Å²) in [5.41, 5.74) is 7.80. The van der Waals surface area contributed by atoms with Crippen LogP contribution in [-0.2, 0) is 0 Å². The summed E-state index contributed by atoms with van der Waals surface area (Å²) in [5, 5.41) is 0.945. The molecule has 1 aliphatic rings.